The fourth-order valence-corrected chi connectivity index (χ4v) is 2.20. The van der Waals surface area contributed by atoms with Gasteiger partial charge in [0, 0.05) is 24.8 Å². The standard InChI is InChI=1S/C15H25FN2/c1-5-10-17-12(4)14-11-13(16)8-9-15(14)18(6-2)7-3/h8-9,11-12,17H,5-7,10H2,1-4H3. The Kier molecular flexibility index (Phi) is 6.13. The fourth-order valence-electron chi connectivity index (χ4n) is 2.20. The van der Waals surface area contributed by atoms with Crippen LogP contribution in [0, 0.1) is 5.82 Å². The Balaban J connectivity index is 3.02. The normalized spacial score (nSPS) is 12.5. The lowest BCUT2D eigenvalue weighted by Crippen LogP contribution is -2.26. The van der Waals surface area contributed by atoms with E-state index in [1.807, 2.05) is 6.07 Å². The molecule has 0 aromatic heterocycles. The van der Waals surface area contributed by atoms with Crippen LogP contribution in [0.4, 0.5) is 10.1 Å². The summed E-state index contributed by atoms with van der Waals surface area (Å²) >= 11 is 0. The van der Waals surface area contributed by atoms with Gasteiger partial charge in [-0.25, -0.2) is 4.39 Å². The van der Waals surface area contributed by atoms with Crippen molar-refractivity contribution in [3.8, 4) is 0 Å². The van der Waals surface area contributed by atoms with E-state index in [1.165, 1.54) is 0 Å². The molecular weight excluding hydrogens is 227 g/mol. The van der Waals surface area contributed by atoms with E-state index < -0.39 is 0 Å². The van der Waals surface area contributed by atoms with Gasteiger partial charge >= 0.3 is 0 Å². The van der Waals surface area contributed by atoms with Crippen LogP contribution in [0.15, 0.2) is 18.2 Å². The van der Waals surface area contributed by atoms with Crippen LogP contribution >= 0.6 is 0 Å². The average molecular weight is 252 g/mol. The first-order valence-electron chi connectivity index (χ1n) is 6.91. The molecule has 0 bridgehead atoms. The maximum Gasteiger partial charge on any atom is 0.123 e. The Labute approximate surface area is 110 Å². The molecule has 0 saturated heterocycles. The van der Waals surface area contributed by atoms with Gasteiger partial charge in [0.2, 0.25) is 0 Å². The van der Waals surface area contributed by atoms with Gasteiger partial charge in [-0.1, -0.05) is 6.92 Å². The van der Waals surface area contributed by atoms with Gasteiger partial charge in [-0.3, -0.25) is 0 Å². The highest BCUT2D eigenvalue weighted by molar-refractivity contribution is 5.55. The summed E-state index contributed by atoms with van der Waals surface area (Å²) in [6, 6.07) is 5.27. The summed E-state index contributed by atoms with van der Waals surface area (Å²) in [6.45, 7) is 11.3. The van der Waals surface area contributed by atoms with Crippen molar-refractivity contribution in [2.24, 2.45) is 0 Å². The minimum atomic E-state index is -0.161. The van der Waals surface area contributed by atoms with Crippen molar-refractivity contribution in [2.45, 2.75) is 40.2 Å². The molecule has 1 N–H and O–H groups in total. The summed E-state index contributed by atoms with van der Waals surface area (Å²) in [6.07, 6.45) is 1.08. The average Bonchev–Trinajstić information content (AvgIpc) is 2.38. The number of hydrogen-bond donors (Lipinski definition) is 1. The molecule has 0 radical (unpaired) electrons. The Bertz CT molecular complexity index is 362. The van der Waals surface area contributed by atoms with Crippen LogP contribution < -0.4 is 10.2 Å². The molecule has 0 aliphatic heterocycles. The predicted octanol–water partition coefficient (Wildman–Crippen LogP) is 3.73. The zero-order chi connectivity index (χ0) is 13.5. The molecule has 0 heterocycles. The van der Waals surface area contributed by atoms with Crippen molar-refractivity contribution in [3.05, 3.63) is 29.6 Å². The van der Waals surface area contributed by atoms with Gasteiger partial charge in [-0.2, -0.15) is 0 Å². The molecule has 1 atom stereocenters. The molecule has 0 fully saturated rings. The van der Waals surface area contributed by atoms with Gasteiger partial charge in [0.05, 0.1) is 0 Å². The topological polar surface area (TPSA) is 15.3 Å². The highest BCUT2D eigenvalue weighted by Crippen LogP contribution is 2.27. The summed E-state index contributed by atoms with van der Waals surface area (Å²) in [5.41, 5.74) is 2.18. The van der Waals surface area contributed by atoms with Gasteiger partial charge in [-0.05, 0) is 57.5 Å². The molecule has 18 heavy (non-hydrogen) atoms. The molecule has 0 saturated carbocycles. The van der Waals surface area contributed by atoms with Gasteiger partial charge in [0.15, 0.2) is 0 Å². The van der Waals surface area contributed by atoms with E-state index in [4.69, 9.17) is 0 Å². The van der Waals surface area contributed by atoms with Crippen molar-refractivity contribution in [1.82, 2.24) is 5.32 Å². The van der Waals surface area contributed by atoms with Crippen LogP contribution in [0.3, 0.4) is 0 Å². The van der Waals surface area contributed by atoms with E-state index in [1.54, 1.807) is 12.1 Å². The van der Waals surface area contributed by atoms with Crippen molar-refractivity contribution < 1.29 is 4.39 Å². The van der Waals surface area contributed by atoms with Crippen LogP contribution in [0.1, 0.15) is 45.7 Å². The quantitative estimate of drug-likeness (QED) is 0.795. The summed E-state index contributed by atoms with van der Waals surface area (Å²) in [5.74, 6) is -0.161. The van der Waals surface area contributed by atoms with E-state index in [0.717, 1.165) is 37.3 Å². The molecule has 102 valence electrons. The second-order valence-corrected chi connectivity index (χ2v) is 4.55. The smallest absolute Gasteiger partial charge is 0.123 e. The first-order chi connectivity index (χ1) is 8.63. The monoisotopic (exact) mass is 252 g/mol. The van der Waals surface area contributed by atoms with E-state index in [9.17, 15) is 4.39 Å². The Morgan fingerprint density at radius 2 is 1.89 bits per heavy atom. The molecule has 1 rings (SSSR count). The van der Waals surface area contributed by atoms with Crippen LogP contribution in [-0.2, 0) is 0 Å². The van der Waals surface area contributed by atoms with Crippen molar-refractivity contribution in [2.75, 3.05) is 24.5 Å². The van der Waals surface area contributed by atoms with E-state index in [2.05, 4.69) is 37.9 Å². The van der Waals surface area contributed by atoms with Crippen molar-refractivity contribution >= 4 is 5.69 Å². The number of anilines is 1. The summed E-state index contributed by atoms with van der Waals surface area (Å²) in [5, 5.41) is 3.43. The SMILES string of the molecule is CCCNC(C)c1cc(F)ccc1N(CC)CC. The maximum absolute atomic E-state index is 13.5. The zero-order valence-electron chi connectivity index (χ0n) is 12.0. The van der Waals surface area contributed by atoms with Crippen molar-refractivity contribution in [1.29, 1.82) is 0 Å². The molecule has 0 amide bonds. The number of hydrogen-bond acceptors (Lipinski definition) is 2. The number of halogens is 1. The molecule has 1 aromatic carbocycles. The van der Waals surface area contributed by atoms with Crippen molar-refractivity contribution in [3.63, 3.8) is 0 Å². The second-order valence-electron chi connectivity index (χ2n) is 4.55. The number of rotatable bonds is 7. The third-order valence-corrected chi connectivity index (χ3v) is 3.26. The summed E-state index contributed by atoms with van der Waals surface area (Å²) in [7, 11) is 0. The number of nitrogens with zero attached hydrogens (tertiary/aromatic N) is 1. The summed E-state index contributed by atoms with van der Waals surface area (Å²) < 4.78 is 13.5. The first kappa shape index (κ1) is 15.0. The molecular formula is C15H25FN2. The highest BCUT2D eigenvalue weighted by atomic mass is 19.1. The molecule has 1 unspecified atom stereocenters. The third-order valence-electron chi connectivity index (χ3n) is 3.26. The minimum absolute atomic E-state index is 0.161. The number of nitrogens with one attached hydrogen (secondary N) is 1. The van der Waals surface area contributed by atoms with Crippen LogP contribution in [0.5, 0.6) is 0 Å². The zero-order valence-corrected chi connectivity index (χ0v) is 12.0. The van der Waals surface area contributed by atoms with Gasteiger partial charge in [0.25, 0.3) is 0 Å². The van der Waals surface area contributed by atoms with Crippen LogP contribution in [-0.4, -0.2) is 19.6 Å². The van der Waals surface area contributed by atoms with Gasteiger partial charge < -0.3 is 10.2 Å². The van der Waals surface area contributed by atoms with E-state index >= 15 is 0 Å². The largest absolute Gasteiger partial charge is 0.372 e. The molecule has 0 spiro atoms. The third kappa shape index (κ3) is 3.70. The van der Waals surface area contributed by atoms with Gasteiger partial charge in [0.1, 0.15) is 5.82 Å². The predicted molar refractivity (Wildman–Crippen MR) is 76.7 cm³/mol. The Morgan fingerprint density at radius 1 is 1.22 bits per heavy atom. The lowest BCUT2D eigenvalue weighted by atomic mass is 10.0. The minimum Gasteiger partial charge on any atom is -0.372 e. The van der Waals surface area contributed by atoms with E-state index in [-0.39, 0.29) is 11.9 Å². The molecule has 0 aliphatic carbocycles. The summed E-state index contributed by atoms with van der Waals surface area (Å²) in [4.78, 5) is 2.26. The molecule has 3 heteroatoms. The van der Waals surface area contributed by atoms with Crippen LogP contribution in [0.2, 0.25) is 0 Å². The lowest BCUT2D eigenvalue weighted by Gasteiger charge is -2.27. The highest BCUT2D eigenvalue weighted by Gasteiger charge is 2.14. The lowest BCUT2D eigenvalue weighted by molar-refractivity contribution is 0.561. The maximum atomic E-state index is 13.5. The van der Waals surface area contributed by atoms with Crippen LogP contribution in [0.25, 0.3) is 0 Å². The Morgan fingerprint density at radius 3 is 2.44 bits per heavy atom. The molecule has 2 nitrogen and oxygen atoms in total. The molecule has 1 aromatic rings. The molecule has 0 aliphatic rings. The fraction of sp³-hybridized carbons (Fsp3) is 0.600. The number of benzene rings is 1. The Hall–Kier alpha value is -1.09. The second kappa shape index (κ2) is 7.37. The van der Waals surface area contributed by atoms with E-state index in [0.29, 0.717) is 0 Å². The van der Waals surface area contributed by atoms with Gasteiger partial charge in [-0.15, -0.1) is 0 Å². The first-order valence-corrected chi connectivity index (χ1v) is 6.91.